The molecule has 0 atom stereocenters. The van der Waals surface area contributed by atoms with Crippen LogP contribution in [0, 0.1) is 0 Å². The first-order valence-corrected chi connectivity index (χ1v) is 12.9. The van der Waals surface area contributed by atoms with Gasteiger partial charge in [0.15, 0.2) is 4.96 Å². The van der Waals surface area contributed by atoms with E-state index in [2.05, 4.69) is 44.4 Å². The van der Waals surface area contributed by atoms with E-state index in [0.717, 1.165) is 53.9 Å². The Morgan fingerprint density at radius 1 is 0.889 bits per heavy atom. The van der Waals surface area contributed by atoms with Crippen LogP contribution in [0.1, 0.15) is 5.69 Å². The molecule has 1 fully saturated rings. The number of thiazole rings is 1. The number of anilines is 3. The van der Waals surface area contributed by atoms with Crippen molar-refractivity contribution in [3.63, 3.8) is 0 Å². The molecule has 7 nitrogen and oxygen atoms in total. The lowest BCUT2D eigenvalue weighted by atomic mass is 10.2. The highest BCUT2D eigenvalue weighted by Crippen LogP contribution is 2.24. The van der Waals surface area contributed by atoms with Gasteiger partial charge in [-0.25, -0.2) is 9.97 Å². The number of para-hydroxylation sites is 1. The SMILES string of the molecule is O=C(Cc1csc2nc(-c3ccccc3)cn12)Nc1ccc(N2CCN(c3ccccc3)CC2)nc1. The number of piperazine rings is 1. The van der Waals surface area contributed by atoms with E-state index in [0.29, 0.717) is 5.69 Å². The minimum absolute atomic E-state index is 0.0734. The van der Waals surface area contributed by atoms with Crippen LogP contribution in [0.4, 0.5) is 17.2 Å². The first-order valence-electron chi connectivity index (χ1n) is 12.0. The number of hydrogen-bond donors (Lipinski definition) is 1. The molecular formula is C28H26N6OS. The van der Waals surface area contributed by atoms with E-state index in [9.17, 15) is 4.79 Å². The topological polar surface area (TPSA) is 65.8 Å². The molecule has 1 amide bonds. The zero-order valence-corrected chi connectivity index (χ0v) is 20.6. The number of fused-ring (bicyclic) bond motifs is 1. The van der Waals surface area contributed by atoms with E-state index in [1.54, 1.807) is 17.5 Å². The molecule has 1 saturated heterocycles. The number of hydrogen-bond acceptors (Lipinski definition) is 6. The second kappa shape index (κ2) is 9.83. The Kier molecular flexibility index (Phi) is 6.09. The molecule has 0 spiro atoms. The molecule has 1 aliphatic heterocycles. The Hall–Kier alpha value is -4.17. The summed E-state index contributed by atoms with van der Waals surface area (Å²) in [4.78, 5) is 27.7. The summed E-state index contributed by atoms with van der Waals surface area (Å²) in [5, 5.41) is 4.98. The number of aromatic nitrogens is 3. The van der Waals surface area contributed by atoms with Gasteiger partial charge < -0.3 is 15.1 Å². The second-order valence-electron chi connectivity index (χ2n) is 8.81. The van der Waals surface area contributed by atoms with Crippen molar-refractivity contribution in [3.05, 3.63) is 96.3 Å². The van der Waals surface area contributed by atoms with E-state index in [4.69, 9.17) is 4.98 Å². The lowest BCUT2D eigenvalue weighted by Gasteiger charge is -2.36. The quantitative estimate of drug-likeness (QED) is 0.361. The highest BCUT2D eigenvalue weighted by molar-refractivity contribution is 7.15. The molecule has 5 aromatic rings. The number of amides is 1. The molecule has 4 heterocycles. The van der Waals surface area contributed by atoms with Crippen molar-refractivity contribution in [1.29, 1.82) is 0 Å². The van der Waals surface area contributed by atoms with Gasteiger partial charge in [0.2, 0.25) is 5.91 Å². The molecule has 3 aromatic heterocycles. The van der Waals surface area contributed by atoms with Crippen LogP contribution >= 0.6 is 11.3 Å². The Labute approximate surface area is 213 Å². The average Bonchev–Trinajstić information content (AvgIpc) is 3.52. The van der Waals surface area contributed by atoms with Crippen LogP contribution in [0.5, 0.6) is 0 Å². The van der Waals surface area contributed by atoms with Gasteiger partial charge in [0, 0.05) is 54.7 Å². The lowest BCUT2D eigenvalue weighted by molar-refractivity contribution is -0.115. The zero-order valence-electron chi connectivity index (χ0n) is 19.7. The molecule has 0 bridgehead atoms. The summed E-state index contributed by atoms with van der Waals surface area (Å²) in [5.41, 5.74) is 4.86. The highest BCUT2D eigenvalue weighted by Gasteiger charge is 2.18. The van der Waals surface area contributed by atoms with Gasteiger partial charge in [-0.3, -0.25) is 9.20 Å². The summed E-state index contributed by atoms with van der Waals surface area (Å²) in [7, 11) is 0. The number of pyridine rings is 1. The van der Waals surface area contributed by atoms with Crippen LogP contribution in [0.2, 0.25) is 0 Å². The first kappa shape index (κ1) is 22.3. The number of benzene rings is 2. The summed E-state index contributed by atoms with van der Waals surface area (Å²) in [5.74, 6) is 0.864. The molecule has 1 N–H and O–H groups in total. The normalized spacial score (nSPS) is 13.8. The Morgan fingerprint density at radius 3 is 2.33 bits per heavy atom. The minimum atomic E-state index is -0.0734. The van der Waals surface area contributed by atoms with Crippen molar-refractivity contribution in [1.82, 2.24) is 14.4 Å². The number of nitrogens with zero attached hydrogens (tertiary/aromatic N) is 5. The van der Waals surface area contributed by atoms with Crippen molar-refractivity contribution in [2.45, 2.75) is 6.42 Å². The highest BCUT2D eigenvalue weighted by atomic mass is 32.1. The van der Waals surface area contributed by atoms with Gasteiger partial charge in [0.05, 0.1) is 24.0 Å². The third kappa shape index (κ3) is 4.67. The number of rotatable bonds is 6. The smallest absolute Gasteiger partial charge is 0.230 e. The summed E-state index contributed by atoms with van der Waals surface area (Å²) in [6, 6.07) is 24.5. The van der Waals surface area contributed by atoms with Gasteiger partial charge in [0.1, 0.15) is 5.82 Å². The fraction of sp³-hybridized carbons (Fsp3) is 0.179. The van der Waals surface area contributed by atoms with Crippen LogP contribution in [-0.2, 0) is 11.2 Å². The third-order valence-electron chi connectivity index (χ3n) is 6.45. The average molecular weight is 495 g/mol. The molecule has 8 heteroatoms. The Bertz CT molecular complexity index is 1450. The molecule has 1 aliphatic rings. The number of imidazole rings is 1. The molecule has 0 aliphatic carbocycles. The largest absolute Gasteiger partial charge is 0.368 e. The van der Waals surface area contributed by atoms with E-state index in [1.807, 2.05) is 64.5 Å². The van der Waals surface area contributed by atoms with Crippen LogP contribution in [0.25, 0.3) is 16.2 Å². The van der Waals surface area contributed by atoms with E-state index in [1.165, 1.54) is 5.69 Å². The molecule has 180 valence electrons. The van der Waals surface area contributed by atoms with E-state index < -0.39 is 0 Å². The monoisotopic (exact) mass is 494 g/mol. The molecule has 6 rings (SSSR count). The third-order valence-corrected chi connectivity index (χ3v) is 7.34. The molecule has 36 heavy (non-hydrogen) atoms. The number of nitrogens with one attached hydrogen (secondary N) is 1. The van der Waals surface area contributed by atoms with Crippen LogP contribution in [0.3, 0.4) is 0 Å². The van der Waals surface area contributed by atoms with Gasteiger partial charge in [-0.05, 0) is 24.3 Å². The summed E-state index contributed by atoms with van der Waals surface area (Å²) < 4.78 is 2.00. The molecule has 0 saturated carbocycles. The van der Waals surface area contributed by atoms with Crippen LogP contribution in [-0.4, -0.2) is 46.5 Å². The van der Waals surface area contributed by atoms with E-state index >= 15 is 0 Å². The van der Waals surface area contributed by atoms with Crippen molar-refractivity contribution in [2.75, 3.05) is 41.3 Å². The van der Waals surface area contributed by atoms with Crippen molar-refractivity contribution >= 4 is 39.4 Å². The standard InChI is InChI=1S/C28H26N6OS/c35-27(17-24-20-36-28-31-25(19-34(24)28)21-7-3-1-4-8-21)30-22-11-12-26(29-18-22)33-15-13-32(14-16-33)23-9-5-2-6-10-23/h1-12,18-20H,13-17H2,(H,30,35). The molecular weight excluding hydrogens is 468 g/mol. The maximum absolute atomic E-state index is 12.8. The second-order valence-corrected chi connectivity index (χ2v) is 9.65. The van der Waals surface area contributed by atoms with Gasteiger partial charge in [-0.2, -0.15) is 0 Å². The van der Waals surface area contributed by atoms with Gasteiger partial charge in [0.25, 0.3) is 0 Å². The number of carbonyl (C=O) groups is 1. The van der Waals surface area contributed by atoms with Crippen LogP contribution < -0.4 is 15.1 Å². The van der Waals surface area contributed by atoms with Gasteiger partial charge >= 0.3 is 0 Å². The van der Waals surface area contributed by atoms with E-state index in [-0.39, 0.29) is 12.3 Å². The summed E-state index contributed by atoms with van der Waals surface area (Å²) in [6.45, 7) is 3.74. The van der Waals surface area contributed by atoms with Gasteiger partial charge in [-0.15, -0.1) is 11.3 Å². The zero-order chi connectivity index (χ0) is 24.3. The molecule has 2 aromatic carbocycles. The van der Waals surface area contributed by atoms with Crippen molar-refractivity contribution in [3.8, 4) is 11.3 Å². The summed E-state index contributed by atoms with van der Waals surface area (Å²) >= 11 is 1.54. The summed E-state index contributed by atoms with van der Waals surface area (Å²) in [6.07, 6.45) is 4.01. The first-order chi connectivity index (χ1) is 17.7. The van der Waals surface area contributed by atoms with Gasteiger partial charge in [-0.1, -0.05) is 48.5 Å². The number of carbonyl (C=O) groups excluding carboxylic acids is 1. The van der Waals surface area contributed by atoms with Crippen molar-refractivity contribution < 1.29 is 4.79 Å². The Balaban J connectivity index is 1.06. The predicted octanol–water partition coefficient (Wildman–Crippen LogP) is 4.97. The molecule has 0 unspecified atom stereocenters. The Morgan fingerprint density at radius 2 is 1.61 bits per heavy atom. The minimum Gasteiger partial charge on any atom is -0.368 e. The lowest BCUT2D eigenvalue weighted by Crippen LogP contribution is -2.46. The maximum atomic E-state index is 12.8. The maximum Gasteiger partial charge on any atom is 0.230 e. The fourth-order valence-corrected chi connectivity index (χ4v) is 5.43. The predicted molar refractivity (Wildman–Crippen MR) is 146 cm³/mol. The van der Waals surface area contributed by atoms with Crippen LogP contribution in [0.15, 0.2) is 90.6 Å². The fourth-order valence-electron chi connectivity index (χ4n) is 4.55. The van der Waals surface area contributed by atoms with Crippen molar-refractivity contribution in [2.24, 2.45) is 0 Å². The molecule has 0 radical (unpaired) electrons.